The molecule has 0 N–H and O–H groups in total. The molecule has 0 amide bonds. The number of hydrogen-bond donors (Lipinski definition) is 0. The minimum absolute atomic E-state index is 0.388. The summed E-state index contributed by atoms with van der Waals surface area (Å²) < 4.78 is 4.61. The SMILES string of the molecule is COC(=O)c1nc(C)ccc1CBr. The van der Waals surface area contributed by atoms with Crippen molar-refractivity contribution in [2.75, 3.05) is 7.11 Å². The summed E-state index contributed by atoms with van der Waals surface area (Å²) >= 11 is 3.28. The number of halogens is 1. The molecule has 0 saturated heterocycles. The first-order chi connectivity index (χ1) is 6.19. The Hall–Kier alpha value is -0.900. The van der Waals surface area contributed by atoms with Crippen molar-refractivity contribution >= 4 is 21.9 Å². The van der Waals surface area contributed by atoms with Crippen molar-refractivity contribution in [2.24, 2.45) is 0 Å². The minimum Gasteiger partial charge on any atom is -0.464 e. The molecule has 0 unspecified atom stereocenters. The van der Waals surface area contributed by atoms with Gasteiger partial charge in [0.1, 0.15) is 0 Å². The molecule has 0 fully saturated rings. The molecule has 0 saturated carbocycles. The Morgan fingerprint density at radius 1 is 1.62 bits per heavy atom. The summed E-state index contributed by atoms with van der Waals surface area (Å²) in [5.74, 6) is -0.391. The van der Waals surface area contributed by atoms with Crippen molar-refractivity contribution in [1.29, 1.82) is 0 Å². The average molecular weight is 244 g/mol. The smallest absolute Gasteiger partial charge is 0.356 e. The maximum Gasteiger partial charge on any atom is 0.356 e. The monoisotopic (exact) mass is 243 g/mol. The first kappa shape index (κ1) is 10.2. The van der Waals surface area contributed by atoms with Crippen molar-refractivity contribution < 1.29 is 9.53 Å². The van der Waals surface area contributed by atoms with Gasteiger partial charge in [-0.3, -0.25) is 0 Å². The van der Waals surface area contributed by atoms with Gasteiger partial charge in [0.25, 0.3) is 0 Å². The van der Waals surface area contributed by atoms with Gasteiger partial charge in [-0.05, 0) is 18.6 Å². The third-order valence-electron chi connectivity index (χ3n) is 1.64. The summed E-state index contributed by atoms with van der Waals surface area (Å²) in [6, 6.07) is 3.73. The van der Waals surface area contributed by atoms with E-state index in [1.54, 1.807) is 0 Å². The zero-order chi connectivity index (χ0) is 9.84. The molecule has 1 rings (SSSR count). The van der Waals surface area contributed by atoms with Crippen LogP contribution in [0, 0.1) is 6.92 Å². The molecule has 0 radical (unpaired) electrons. The van der Waals surface area contributed by atoms with Gasteiger partial charge in [-0.1, -0.05) is 22.0 Å². The highest BCUT2D eigenvalue weighted by Gasteiger charge is 2.12. The Balaban J connectivity index is 3.15. The van der Waals surface area contributed by atoms with E-state index in [4.69, 9.17) is 0 Å². The molecule has 70 valence electrons. The van der Waals surface area contributed by atoms with Crippen LogP contribution in [-0.2, 0) is 10.1 Å². The van der Waals surface area contributed by atoms with Gasteiger partial charge in [0.15, 0.2) is 5.69 Å². The van der Waals surface area contributed by atoms with Crippen LogP contribution in [0.25, 0.3) is 0 Å². The number of esters is 1. The second-order valence-corrected chi connectivity index (χ2v) is 3.15. The number of alkyl halides is 1. The Bertz CT molecular complexity index is 325. The van der Waals surface area contributed by atoms with Crippen LogP contribution in [0.5, 0.6) is 0 Å². The number of carbonyl (C=O) groups excluding carboxylic acids is 1. The molecular weight excluding hydrogens is 234 g/mol. The fourth-order valence-electron chi connectivity index (χ4n) is 0.967. The molecular formula is C9H10BrNO2. The van der Waals surface area contributed by atoms with E-state index >= 15 is 0 Å². The largest absolute Gasteiger partial charge is 0.464 e. The lowest BCUT2D eigenvalue weighted by Crippen LogP contribution is -2.08. The molecule has 0 atom stereocenters. The van der Waals surface area contributed by atoms with E-state index in [-0.39, 0.29) is 0 Å². The van der Waals surface area contributed by atoms with Gasteiger partial charge in [-0.15, -0.1) is 0 Å². The summed E-state index contributed by atoms with van der Waals surface area (Å²) in [5, 5.41) is 0.602. The molecule has 3 nitrogen and oxygen atoms in total. The predicted molar refractivity (Wildman–Crippen MR) is 52.9 cm³/mol. The quantitative estimate of drug-likeness (QED) is 0.590. The predicted octanol–water partition coefficient (Wildman–Crippen LogP) is 2.07. The standard InChI is InChI=1S/C9H10BrNO2/c1-6-3-4-7(5-10)8(11-6)9(12)13-2/h3-4H,5H2,1-2H3. The van der Waals surface area contributed by atoms with E-state index in [0.29, 0.717) is 11.0 Å². The van der Waals surface area contributed by atoms with E-state index in [9.17, 15) is 4.79 Å². The van der Waals surface area contributed by atoms with Gasteiger partial charge in [-0.2, -0.15) is 0 Å². The fraction of sp³-hybridized carbons (Fsp3) is 0.333. The lowest BCUT2D eigenvalue weighted by molar-refractivity contribution is 0.0593. The molecule has 0 aliphatic carbocycles. The highest BCUT2D eigenvalue weighted by Crippen LogP contribution is 2.12. The Kier molecular flexibility index (Phi) is 3.42. The van der Waals surface area contributed by atoms with Crippen molar-refractivity contribution in [1.82, 2.24) is 4.98 Å². The topological polar surface area (TPSA) is 39.2 Å². The van der Waals surface area contributed by atoms with E-state index in [0.717, 1.165) is 11.3 Å². The molecule has 1 heterocycles. The van der Waals surface area contributed by atoms with Crippen LogP contribution < -0.4 is 0 Å². The van der Waals surface area contributed by atoms with Gasteiger partial charge in [0.2, 0.25) is 0 Å². The van der Waals surface area contributed by atoms with Crippen LogP contribution in [0.4, 0.5) is 0 Å². The zero-order valence-corrected chi connectivity index (χ0v) is 9.09. The normalized spacial score (nSPS) is 9.77. The third-order valence-corrected chi connectivity index (χ3v) is 2.24. The number of aryl methyl sites for hydroxylation is 1. The molecule has 0 aliphatic rings. The van der Waals surface area contributed by atoms with Gasteiger partial charge in [0, 0.05) is 11.0 Å². The lowest BCUT2D eigenvalue weighted by Gasteiger charge is -2.04. The number of rotatable bonds is 2. The van der Waals surface area contributed by atoms with Crippen molar-refractivity contribution in [3.63, 3.8) is 0 Å². The maximum atomic E-state index is 11.2. The van der Waals surface area contributed by atoms with Crippen LogP contribution in [0.15, 0.2) is 12.1 Å². The number of aromatic nitrogens is 1. The average Bonchev–Trinajstić information content (AvgIpc) is 2.16. The van der Waals surface area contributed by atoms with Crippen LogP contribution in [0.3, 0.4) is 0 Å². The summed E-state index contributed by atoms with van der Waals surface area (Å²) in [6.45, 7) is 1.84. The second-order valence-electron chi connectivity index (χ2n) is 2.59. The van der Waals surface area contributed by atoms with Crippen LogP contribution in [-0.4, -0.2) is 18.1 Å². The molecule has 13 heavy (non-hydrogen) atoms. The molecule has 1 aromatic rings. The summed E-state index contributed by atoms with van der Waals surface area (Å²) in [5.41, 5.74) is 2.04. The molecule has 0 bridgehead atoms. The van der Waals surface area contributed by atoms with E-state index in [2.05, 4.69) is 25.7 Å². The first-order valence-electron chi connectivity index (χ1n) is 3.80. The van der Waals surface area contributed by atoms with E-state index in [1.807, 2.05) is 19.1 Å². The Morgan fingerprint density at radius 2 is 2.31 bits per heavy atom. The summed E-state index contributed by atoms with van der Waals surface area (Å²) in [6.07, 6.45) is 0. The van der Waals surface area contributed by atoms with Crippen molar-refractivity contribution in [3.05, 3.63) is 29.1 Å². The van der Waals surface area contributed by atoms with Gasteiger partial charge in [0.05, 0.1) is 7.11 Å². The number of hydrogen-bond acceptors (Lipinski definition) is 3. The Labute approximate surface area is 85.3 Å². The zero-order valence-electron chi connectivity index (χ0n) is 7.50. The highest BCUT2D eigenvalue weighted by atomic mass is 79.9. The first-order valence-corrected chi connectivity index (χ1v) is 4.92. The fourth-order valence-corrected chi connectivity index (χ4v) is 1.42. The molecule has 0 spiro atoms. The van der Waals surface area contributed by atoms with Crippen LogP contribution in [0.1, 0.15) is 21.7 Å². The molecule has 1 aromatic heterocycles. The minimum atomic E-state index is -0.391. The summed E-state index contributed by atoms with van der Waals surface area (Å²) in [4.78, 5) is 15.3. The summed E-state index contributed by atoms with van der Waals surface area (Å²) in [7, 11) is 1.35. The van der Waals surface area contributed by atoms with Crippen molar-refractivity contribution in [3.8, 4) is 0 Å². The molecule has 0 aliphatic heterocycles. The third kappa shape index (κ3) is 2.28. The van der Waals surface area contributed by atoms with E-state index in [1.165, 1.54) is 7.11 Å². The van der Waals surface area contributed by atoms with Crippen molar-refractivity contribution in [2.45, 2.75) is 12.3 Å². The Morgan fingerprint density at radius 3 is 2.85 bits per heavy atom. The highest BCUT2D eigenvalue weighted by molar-refractivity contribution is 9.08. The molecule has 4 heteroatoms. The van der Waals surface area contributed by atoms with Crippen LogP contribution in [0.2, 0.25) is 0 Å². The van der Waals surface area contributed by atoms with E-state index < -0.39 is 5.97 Å². The second kappa shape index (κ2) is 4.37. The van der Waals surface area contributed by atoms with Gasteiger partial charge in [-0.25, -0.2) is 9.78 Å². The van der Waals surface area contributed by atoms with Gasteiger partial charge >= 0.3 is 5.97 Å². The maximum absolute atomic E-state index is 11.2. The number of pyridine rings is 1. The molecule has 0 aromatic carbocycles. The lowest BCUT2D eigenvalue weighted by atomic mass is 10.2. The number of methoxy groups -OCH3 is 1. The van der Waals surface area contributed by atoms with Crippen LogP contribution >= 0.6 is 15.9 Å². The number of carbonyl (C=O) groups is 1. The van der Waals surface area contributed by atoms with Gasteiger partial charge < -0.3 is 4.74 Å². The number of ether oxygens (including phenoxy) is 1. The number of nitrogens with zero attached hydrogens (tertiary/aromatic N) is 1.